The number of nitrogens with one attached hydrogen (secondary N) is 3. The van der Waals surface area contributed by atoms with Gasteiger partial charge in [-0.3, -0.25) is 4.72 Å². The third-order valence-electron chi connectivity index (χ3n) is 2.60. The Morgan fingerprint density at radius 3 is 2.27 bits per heavy atom. The van der Waals surface area contributed by atoms with Crippen molar-refractivity contribution in [3.05, 3.63) is 24.0 Å². The van der Waals surface area contributed by atoms with Crippen molar-refractivity contribution in [2.45, 2.75) is 17.9 Å². The average molecular weight is 376 g/mol. The normalized spacial score (nSPS) is 13.3. The second kappa shape index (κ2) is 8.06. The predicted octanol–water partition coefficient (Wildman–Crippen LogP) is 0.505. The topological polar surface area (TPSA) is 104 Å². The van der Waals surface area contributed by atoms with Gasteiger partial charge in [0.2, 0.25) is 20.0 Å². The molecule has 1 unspecified atom stereocenters. The van der Waals surface area contributed by atoms with Crippen molar-refractivity contribution in [3.8, 4) is 0 Å². The van der Waals surface area contributed by atoms with Gasteiger partial charge in [0.1, 0.15) is 10.7 Å². The van der Waals surface area contributed by atoms with Crippen molar-refractivity contribution in [1.82, 2.24) is 10.0 Å². The first-order valence-corrected chi connectivity index (χ1v) is 9.37. The van der Waals surface area contributed by atoms with E-state index in [9.17, 15) is 21.2 Å². The SMILES string of the molecule is CNC(C)CNS(=O)(=O)c1ccc(NS(C)(=O)=O)cc1F.Cl. The number of likely N-dealkylation sites (N-methyl/N-ethyl adjacent to an activating group) is 1. The third kappa shape index (κ3) is 6.44. The van der Waals surface area contributed by atoms with Gasteiger partial charge in [-0.1, -0.05) is 0 Å². The van der Waals surface area contributed by atoms with E-state index in [-0.39, 0.29) is 30.7 Å². The average Bonchev–Trinajstić information content (AvgIpc) is 2.33. The van der Waals surface area contributed by atoms with E-state index in [4.69, 9.17) is 0 Å². The van der Waals surface area contributed by atoms with Gasteiger partial charge >= 0.3 is 0 Å². The van der Waals surface area contributed by atoms with E-state index >= 15 is 0 Å². The van der Waals surface area contributed by atoms with Gasteiger partial charge in [0.15, 0.2) is 0 Å². The largest absolute Gasteiger partial charge is 0.316 e. The minimum absolute atomic E-state index is 0. The maximum Gasteiger partial charge on any atom is 0.243 e. The maximum absolute atomic E-state index is 13.9. The summed E-state index contributed by atoms with van der Waals surface area (Å²) in [6.45, 7) is 1.86. The molecule has 0 aliphatic carbocycles. The summed E-state index contributed by atoms with van der Waals surface area (Å²) in [6.07, 6.45) is 0.913. The van der Waals surface area contributed by atoms with Crippen molar-refractivity contribution in [2.75, 3.05) is 24.6 Å². The molecule has 0 spiro atoms. The highest BCUT2D eigenvalue weighted by atomic mass is 35.5. The first-order valence-electron chi connectivity index (χ1n) is 5.99. The van der Waals surface area contributed by atoms with Crippen molar-refractivity contribution in [1.29, 1.82) is 0 Å². The molecular weight excluding hydrogens is 357 g/mol. The summed E-state index contributed by atoms with van der Waals surface area (Å²) in [5.74, 6) is -1.03. The van der Waals surface area contributed by atoms with Crippen LogP contribution in [-0.4, -0.2) is 42.7 Å². The molecule has 22 heavy (non-hydrogen) atoms. The van der Waals surface area contributed by atoms with Crippen LogP contribution in [0.25, 0.3) is 0 Å². The highest BCUT2D eigenvalue weighted by Crippen LogP contribution is 2.19. The summed E-state index contributed by atoms with van der Waals surface area (Å²) in [5, 5.41) is 2.84. The third-order valence-corrected chi connectivity index (χ3v) is 4.66. The number of sulfonamides is 2. The number of rotatable bonds is 7. The minimum Gasteiger partial charge on any atom is -0.316 e. The lowest BCUT2D eigenvalue weighted by Gasteiger charge is -2.13. The van der Waals surface area contributed by atoms with Crippen molar-refractivity contribution >= 4 is 38.1 Å². The molecular formula is C11H19ClFN3O4S2. The van der Waals surface area contributed by atoms with Crippen LogP contribution in [0.15, 0.2) is 23.1 Å². The van der Waals surface area contributed by atoms with Crippen molar-refractivity contribution in [3.63, 3.8) is 0 Å². The second-order valence-electron chi connectivity index (χ2n) is 4.56. The fourth-order valence-electron chi connectivity index (χ4n) is 1.41. The fraction of sp³-hybridized carbons (Fsp3) is 0.455. The Balaban J connectivity index is 0.00000441. The molecule has 128 valence electrons. The van der Waals surface area contributed by atoms with Gasteiger partial charge in [0, 0.05) is 12.6 Å². The number of halogens is 2. The van der Waals surface area contributed by atoms with Crippen LogP contribution in [-0.2, 0) is 20.0 Å². The molecule has 0 fully saturated rings. The molecule has 0 bridgehead atoms. The maximum atomic E-state index is 13.9. The van der Waals surface area contributed by atoms with Gasteiger partial charge in [0.25, 0.3) is 0 Å². The summed E-state index contributed by atoms with van der Waals surface area (Å²) in [4.78, 5) is -0.537. The molecule has 1 atom stereocenters. The van der Waals surface area contributed by atoms with Crippen molar-refractivity contribution in [2.24, 2.45) is 0 Å². The number of hydrogen-bond donors (Lipinski definition) is 3. The van der Waals surface area contributed by atoms with Crippen LogP contribution in [0, 0.1) is 5.82 Å². The minimum atomic E-state index is -4.00. The van der Waals surface area contributed by atoms with Crippen LogP contribution in [0.5, 0.6) is 0 Å². The van der Waals surface area contributed by atoms with E-state index in [1.807, 2.05) is 0 Å². The van der Waals surface area contributed by atoms with Crippen molar-refractivity contribution < 1.29 is 21.2 Å². The second-order valence-corrected chi connectivity index (χ2v) is 8.04. The summed E-state index contributed by atoms with van der Waals surface area (Å²) >= 11 is 0. The van der Waals surface area contributed by atoms with Crippen LogP contribution < -0.4 is 14.8 Å². The van der Waals surface area contributed by atoms with Crippen LogP contribution in [0.1, 0.15) is 6.92 Å². The van der Waals surface area contributed by atoms with Crippen LogP contribution in [0.3, 0.4) is 0 Å². The highest BCUT2D eigenvalue weighted by Gasteiger charge is 2.20. The molecule has 0 aliphatic rings. The van der Waals surface area contributed by atoms with Crippen LogP contribution >= 0.6 is 12.4 Å². The Bertz CT molecular complexity index is 710. The molecule has 7 nitrogen and oxygen atoms in total. The number of benzene rings is 1. The van der Waals surface area contributed by atoms with Gasteiger partial charge < -0.3 is 5.32 Å². The molecule has 0 radical (unpaired) electrons. The highest BCUT2D eigenvalue weighted by molar-refractivity contribution is 7.92. The first kappa shape index (κ1) is 21.1. The first-order chi connectivity index (χ1) is 9.55. The summed E-state index contributed by atoms with van der Waals surface area (Å²) in [7, 11) is -5.88. The molecule has 3 N–H and O–H groups in total. The van der Waals surface area contributed by atoms with E-state index in [0.29, 0.717) is 0 Å². The van der Waals surface area contributed by atoms with E-state index < -0.39 is 30.8 Å². The summed E-state index contributed by atoms with van der Waals surface area (Å²) in [6, 6.07) is 2.89. The molecule has 0 aliphatic heterocycles. The Morgan fingerprint density at radius 2 is 1.82 bits per heavy atom. The molecule has 1 rings (SSSR count). The molecule has 0 saturated carbocycles. The fourth-order valence-corrected chi connectivity index (χ4v) is 3.15. The van der Waals surface area contributed by atoms with E-state index in [2.05, 4.69) is 14.8 Å². The number of anilines is 1. The zero-order valence-electron chi connectivity index (χ0n) is 12.3. The molecule has 0 heterocycles. The van der Waals surface area contributed by atoms with Crippen LogP contribution in [0.4, 0.5) is 10.1 Å². The zero-order valence-corrected chi connectivity index (χ0v) is 14.7. The van der Waals surface area contributed by atoms with Gasteiger partial charge in [-0.15, -0.1) is 12.4 Å². The lowest BCUT2D eigenvalue weighted by molar-refractivity contribution is 0.541. The molecule has 0 saturated heterocycles. The molecule has 1 aromatic carbocycles. The smallest absolute Gasteiger partial charge is 0.243 e. The quantitative estimate of drug-likeness (QED) is 0.644. The van der Waals surface area contributed by atoms with Gasteiger partial charge in [0.05, 0.1) is 11.9 Å². The molecule has 0 amide bonds. The Hall–Kier alpha value is -0.940. The molecule has 1 aromatic rings. The lowest BCUT2D eigenvalue weighted by Crippen LogP contribution is -2.37. The standard InChI is InChI=1S/C11H18FN3O4S2.ClH/c1-8(13-2)7-14-21(18,19)11-5-4-9(6-10(11)12)15-20(3,16)17;/h4-6,8,13-15H,7H2,1-3H3;1H. The van der Waals surface area contributed by atoms with E-state index in [0.717, 1.165) is 18.4 Å². The lowest BCUT2D eigenvalue weighted by atomic mass is 10.3. The zero-order chi connectivity index (χ0) is 16.3. The molecule has 11 heteroatoms. The summed E-state index contributed by atoms with van der Waals surface area (Å²) in [5.41, 5.74) is -0.0439. The van der Waals surface area contributed by atoms with E-state index in [1.54, 1.807) is 14.0 Å². The Kier molecular flexibility index (Phi) is 7.72. The summed E-state index contributed by atoms with van der Waals surface area (Å²) < 4.78 is 64.2. The monoisotopic (exact) mass is 375 g/mol. The van der Waals surface area contributed by atoms with Gasteiger partial charge in [-0.25, -0.2) is 25.9 Å². The van der Waals surface area contributed by atoms with Gasteiger partial charge in [-0.2, -0.15) is 0 Å². The van der Waals surface area contributed by atoms with E-state index in [1.165, 1.54) is 6.07 Å². The Morgan fingerprint density at radius 1 is 1.23 bits per heavy atom. The number of hydrogen-bond acceptors (Lipinski definition) is 5. The Labute approximate surface area is 136 Å². The molecule has 0 aromatic heterocycles. The predicted molar refractivity (Wildman–Crippen MR) is 85.8 cm³/mol. The van der Waals surface area contributed by atoms with Crippen LogP contribution in [0.2, 0.25) is 0 Å². The van der Waals surface area contributed by atoms with Gasteiger partial charge in [-0.05, 0) is 32.2 Å².